The van der Waals surface area contributed by atoms with Crippen molar-refractivity contribution in [3.05, 3.63) is 22.5 Å². The van der Waals surface area contributed by atoms with Gasteiger partial charge in [0.1, 0.15) is 18.0 Å². The lowest BCUT2D eigenvalue weighted by Crippen LogP contribution is -2.39. The van der Waals surface area contributed by atoms with E-state index in [1.807, 2.05) is 25.7 Å². The Labute approximate surface area is 128 Å². The van der Waals surface area contributed by atoms with Gasteiger partial charge in [0, 0.05) is 13.1 Å². The minimum absolute atomic E-state index is 0.117. The van der Waals surface area contributed by atoms with Gasteiger partial charge in [0.05, 0.1) is 10.8 Å². The molecule has 1 aromatic rings. The topological polar surface area (TPSA) is 98.5 Å². The van der Waals surface area contributed by atoms with E-state index in [-0.39, 0.29) is 17.6 Å². The molecular weight excluding hydrogens is 288 g/mol. The first kappa shape index (κ1) is 16.1. The Balaban J connectivity index is 1.91. The molecule has 0 N–H and O–H groups in total. The second kappa shape index (κ2) is 6.25. The van der Waals surface area contributed by atoms with E-state index >= 15 is 0 Å². The molecule has 0 radical (unpaired) electrons. The average Bonchev–Trinajstić information content (AvgIpc) is 2.46. The SMILES string of the molecule is CC(C)(C)OC(=O)C1CCN(c2ncc([N+](=O)[O-])cn2)CC1. The Morgan fingerprint density at radius 1 is 1.32 bits per heavy atom. The van der Waals surface area contributed by atoms with Crippen molar-refractivity contribution in [3.63, 3.8) is 0 Å². The summed E-state index contributed by atoms with van der Waals surface area (Å²) in [5.41, 5.74) is -0.609. The molecule has 1 aliphatic rings. The summed E-state index contributed by atoms with van der Waals surface area (Å²) in [6.45, 7) is 6.81. The highest BCUT2D eigenvalue weighted by molar-refractivity contribution is 5.73. The van der Waals surface area contributed by atoms with Crippen molar-refractivity contribution < 1.29 is 14.5 Å². The van der Waals surface area contributed by atoms with E-state index in [2.05, 4.69) is 9.97 Å². The zero-order chi connectivity index (χ0) is 16.3. The van der Waals surface area contributed by atoms with Crippen molar-refractivity contribution in [1.82, 2.24) is 9.97 Å². The van der Waals surface area contributed by atoms with Crippen LogP contribution in [0.5, 0.6) is 0 Å². The molecule has 1 aromatic heterocycles. The van der Waals surface area contributed by atoms with Gasteiger partial charge in [0.25, 0.3) is 0 Å². The molecule has 2 heterocycles. The number of carbonyl (C=O) groups is 1. The molecule has 0 saturated carbocycles. The van der Waals surface area contributed by atoms with Crippen LogP contribution in [-0.2, 0) is 9.53 Å². The van der Waals surface area contributed by atoms with E-state index in [4.69, 9.17) is 4.74 Å². The number of nitrogens with zero attached hydrogens (tertiary/aromatic N) is 4. The van der Waals surface area contributed by atoms with Gasteiger partial charge in [-0.3, -0.25) is 14.9 Å². The summed E-state index contributed by atoms with van der Waals surface area (Å²) in [5, 5.41) is 10.6. The molecule has 2 rings (SSSR count). The molecule has 0 amide bonds. The van der Waals surface area contributed by atoms with Gasteiger partial charge in [-0.1, -0.05) is 0 Å². The molecule has 0 unspecified atom stereocenters. The summed E-state index contributed by atoms with van der Waals surface area (Å²) in [6.07, 6.45) is 3.72. The quantitative estimate of drug-likeness (QED) is 0.478. The van der Waals surface area contributed by atoms with Gasteiger partial charge >= 0.3 is 11.7 Å². The lowest BCUT2D eigenvalue weighted by Gasteiger charge is -2.32. The van der Waals surface area contributed by atoms with Gasteiger partial charge in [0.2, 0.25) is 5.95 Å². The third-order valence-corrected chi connectivity index (χ3v) is 3.35. The molecule has 8 nitrogen and oxygen atoms in total. The number of ether oxygens (including phenoxy) is 1. The maximum atomic E-state index is 12.0. The van der Waals surface area contributed by atoms with Crippen molar-refractivity contribution in [1.29, 1.82) is 0 Å². The van der Waals surface area contributed by atoms with Gasteiger partial charge in [-0.15, -0.1) is 0 Å². The first-order chi connectivity index (χ1) is 10.3. The van der Waals surface area contributed by atoms with Crippen LogP contribution in [0.3, 0.4) is 0 Å². The van der Waals surface area contributed by atoms with Gasteiger partial charge < -0.3 is 9.64 Å². The van der Waals surface area contributed by atoms with Gasteiger partial charge in [-0.25, -0.2) is 9.97 Å². The summed E-state index contributed by atoms with van der Waals surface area (Å²) in [7, 11) is 0. The van der Waals surface area contributed by atoms with Crippen LogP contribution >= 0.6 is 0 Å². The van der Waals surface area contributed by atoms with Gasteiger partial charge in [-0.05, 0) is 33.6 Å². The minimum Gasteiger partial charge on any atom is -0.460 e. The average molecular weight is 308 g/mol. The number of carbonyl (C=O) groups excluding carboxylic acids is 1. The minimum atomic E-state index is -0.529. The predicted octanol–water partition coefficient (Wildman–Crippen LogP) is 1.94. The Morgan fingerprint density at radius 2 is 1.86 bits per heavy atom. The number of esters is 1. The predicted molar refractivity (Wildman–Crippen MR) is 79.5 cm³/mol. The highest BCUT2D eigenvalue weighted by Crippen LogP contribution is 2.24. The number of hydrogen-bond donors (Lipinski definition) is 0. The van der Waals surface area contributed by atoms with Crippen LogP contribution in [-0.4, -0.2) is 39.6 Å². The molecule has 8 heteroatoms. The van der Waals surface area contributed by atoms with Crippen LogP contribution in [0.2, 0.25) is 0 Å². The molecule has 1 saturated heterocycles. The number of hydrogen-bond acceptors (Lipinski definition) is 7. The summed E-state index contributed by atoms with van der Waals surface area (Å²) < 4.78 is 5.40. The van der Waals surface area contributed by atoms with Crippen LogP contribution in [0.1, 0.15) is 33.6 Å². The summed E-state index contributed by atoms with van der Waals surface area (Å²) in [4.78, 5) is 32.0. The normalized spacial score (nSPS) is 16.4. The fourth-order valence-corrected chi connectivity index (χ4v) is 2.27. The summed E-state index contributed by atoms with van der Waals surface area (Å²) in [6, 6.07) is 0. The van der Waals surface area contributed by atoms with Crippen LogP contribution < -0.4 is 4.90 Å². The molecule has 0 atom stereocenters. The number of piperidine rings is 1. The monoisotopic (exact) mass is 308 g/mol. The van der Waals surface area contributed by atoms with Crippen molar-refractivity contribution in [3.8, 4) is 0 Å². The molecule has 0 spiro atoms. The number of aromatic nitrogens is 2. The van der Waals surface area contributed by atoms with Gasteiger partial charge in [-0.2, -0.15) is 0 Å². The fraction of sp³-hybridized carbons (Fsp3) is 0.643. The Kier molecular flexibility index (Phi) is 4.58. The standard InChI is InChI=1S/C14H20N4O4/c1-14(2,3)22-12(19)10-4-6-17(7-5-10)13-15-8-11(9-16-13)18(20)21/h8-10H,4-7H2,1-3H3. The third kappa shape index (κ3) is 4.12. The molecule has 0 bridgehead atoms. The van der Waals surface area contributed by atoms with Crippen LogP contribution in [0.25, 0.3) is 0 Å². The van der Waals surface area contributed by atoms with Crippen LogP contribution in [0.15, 0.2) is 12.4 Å². The van der Waals surface area contributed by atoms with Crippen LogP contribution in [0, 0.1) is 16.0 Å². The zero-order valence-corrected chi connectivity index (χ0v) is 13.0. The highest BCUT2D eigenvalue weighted by atomic mass is 16.6. The van der Waals surface area contributed by atoms with E-state index in [0.717, 1.165) is 0 Å². The molecule has 1 aliphatic heterocycles. The second-order valence-electron chi connectivity index (χ2n) is 6.29. The second-order valence-corrected chi connectivity index (χ2v) is 6.29. The molecule has 1 fully saturated rings. The largest absolute Gasteiger partial charge is 0.460 e. The molecular formula is C14H20N4O4. The number of nitro groups is 1. The van der Waals surface area contributed by atoms with Crippen molar-refractivity contribution in [2.45, 2.75) is 39.2 Å². The van der Waals surface area contributed by atoms with Crippen molar-refractivity contribution in [2.24, 2.45) is 5.92 Å². The number of anilines is 1. The molecule has 0 aliphatic carbocycles. The van der Waals surface area contributed by atoms with Crippen molar-refractivity contribution >= 4 is 17.6 Å². The van der Waals surface area contributed by atoms with E-state index < -0.39 is 10.5 Å². The smallest absolute Gasteiger partial charge is 0.309 e. The Bertz CT molecular complexity index is 545. The summed E-state index contributed by atoms with van der Waals surface area (Å²) in [5.74, 6) is 0.165. The zero-order valence-electron chi connectivity index (χ0n) is 13.0. The Morgan fingerprint density at radius 3 is 2.32 bits per heavy atom. The third-order valence-electron chi connectivity index (χ3n) is 3.35. The van der Waals surface area contributed by atoms with Gasteiger partial charge in [0.15, 0.2) is 0 Å². The van der Waals surface area contributed by atoms with E-state index in [9.17, 15) is 14.9 Å². The number of rotatable bonds is 3. The lowest BCUT2D eigenvalue weighted by atomic mass is 9.97. The molecule has 0 aromatic carbocycles. The maximum absolute atomic E-state index is 12.0. The highest BCUT2D eigenvalue weighted by Gasteiger charge is 2.29. The van der Waals surface area contributed by atoms with E-state index in [1.54, 1.807) is 0 Å². The molecule has 120 valence electrons. The first-order valence-electron chi connectivity index (χ1n) is 7.20. The fourth-order valence-electron chi connectivity index (χ4n) is 2.27. The lowest BCUT2D eigenvalue weighted by molar-refractivity contribution is -0.385. The summed E-state index contributed by atoms with van der Waals surface area (Å²) >= 11 is 0. The molecule has 22 heavy (non-hydrogen) atoms. The van der Waals surface area contributed by atoms with Crippen molar-refractivity contribution in [2.75, 3.05) is 18.0 Å². The van der Waals surface area contributed by atoms with E-state index in [1.165, 1.54) is 12.4 Å². The maximum Gasteiger partial charge on any atom is 0.309 e. The van der Waals surface area contributed by atoms with E-state index in [0.29, 0.717) is 31.9 Å². The van der Waals surface area contributed by atoms with Crippen LogP contribution in [0.4, 0.5) is 11.6 Å². The first-order valence-corrected chi connectivity index (χ1v) is 7.20. The Hall–Kier alpha value is -2.25.